The van der Waals surface area contributed by atoms with Gasteiger partial charge in [0.1, 0.15) is 5.75 Å². The van der Waals surface area contributed by atoms with Crippen molar-refractivity contribution >= 4 is 17.5 Å². The number of nitrogens with one attached hydrogen (secondary N) is 1. The molecule has 5 heteroatoms. The number of carbonyl (C=O) groups is 2. The van der Waals surface area contributed by atoms with Crippen LogP contribution in [-0.2, 0) is 16.1 Å². The van der Waals surface area contributed by atoms with Gasteiger partial charge >= 0.3 is 11.8 Å². The molecule has 0 aliphatic heterocycles. The van der Waals surface area contributed by atoms with Crippen molar-refractivity contribution in [2.24, 2.45) is 0 Å². The van der Waals surface area contributed by atoms with E-state index in [1.165, 1.54) is 17.0 Å². The topological polar surface area (TPSA) is 69.6 Å². The van der Waals surface area contributed by atoms with Crippen molar-refractivity contribution in [2.45, 2.75) is 13.5 Å². The average Bonchev–Trinajstić information content (AvgIpc) is 2.55. The Labute approximate surface area is 129 Å². The van der Waals surface area contributed by atoms with Crippen molar-refractivity contribution in [2.75, 3.05) is 11.9 Å². The first kappa shape index (κ1) is 15.6. The summed E-state index contributed by atoms with van der Waals surface area (Å²) in [7, 11) is 0. The second kappa shape index (κ2) is 7.26. The maximum absolute atomic E-state index is 12.2. The number of rotatable bonds is 4. The summed E-state index contributed by atoms with van der Waals surface area (Å²) in [6, 6.07) is 15.8. The number of anilines is 1. The second-order valence-electron chi connectivity index (χ2n) is 4.78. The lowest BCUT2D eigenvalue weighted by Crippen LogP contribution is -2.39. The van der Waals surface area contributed by atoms with E-state index in [0.29, 0.717) is 13.1 Å². The van der Waals surface area contributed by atoms with Gasteiger partial charge in [0.05, 0.1) is 5.69 Å². The van der Waals surface area contributed by atoms with Crippen LogP contribution in [0.1, 0.15) is 12.5 Å². The molecule has 0 unspecified atom stereocenters. The van der Waals surface area contributed by atoms with Gasteiger partial charge in [0, 0.05) is 13.1 Å². The summed E-state index contributed by atoms with van der Waals surface area (Å²) >= 11 is 0. The molecule has 0 heterocycles. The van der Waals surface area contributed by atoms with E-state index in [9.17, 15) is 14.7 Å². The molecule has 2 aromatic rings. The normalized spacial score (nSPS) is 10.0. The minimum absolute atomic E-state index is 0.0743. The zero-order valence-corrected chi connectivity index (χ0v) is 12.3. The minimum Gasteiger partial charge on any atom is -0.506 e. The molecule has 2 rings (SSSR count). The number of aromatic hydroxyl groups is 1. The molecule has 2 aromatic carbocycles. The highest BCUT2D eigenvalue weighted by Crippen LogP contribution is 2.21. The summed E-state index contributed by atoms with van der Waals surface area (Å²) in [6.07, 6.45) is 0. The number of carbonyl (C=O) groups excluding carboxylic acids is 2. The fourth-order valence-electron chi connectivity index (χ4n) is 2.03. The maximum Gasteiger partial charge on any atom is 0.314 e. The van der Waals surface area contributed by atoms with Crippen molar-refractivity contribution in [3.8, 4) is 5.75 Å². The lowest BCUT2D eigenvalue weighted by Gasteiger charge is -2.20. The third-order valence-electron chi connectivity index (χ3n) is 3.23. The molecule has 2 N–H and O–H groups in total. The van der Waals surface area contributed by atoms with E-state index in [2.05, 4.69) is 5.32 Å². The van der Waals surface area contributed by atoms with Gasteiger partial charge in [-0.05, 0) is 24.6 Å². The smallest absolute Gasteiger partial charge is 0.314 e. The highest BCUT2D eigenvalue weighted by atomic mass is 16.3. The van der Waals surface area contributed by atoms with Crippen LogP contribution in [0, 0.1) is 0 Å². The largest absolute Gasteiger partial charge is 0.506 e. The van der Waals surface area contributed by atoms with Gasteiger partial charge in [0.2, 0.25) is 0 Å². The van der Waals surface area contributed by atoms with E-state index in [4.69, 9.17) is 0 Å². The van der Waals surface area contributed by atoms with Gasteiger partial charge in [-0.3, -0.25) is 9.59 Å². The number of phenolic OH excluding ortho intramolecular Hbond substituents is 1. The Bertz CT molecular complexity index is 656. The monoisotopic (exact) mass is 298 g/mol. The van der Waals surface area contributed by atoms with E-state index >= 15 is 0 Å². The second-order valence-corrected chi connectivity index (χ2v) is 4.78. The zero-order chi connectivity index (χ0) is 15.9. The fourth-order valence-corrected chi connectivity index (χ4v) is 2.03. The van der Waals surface area contributed by atoms with Crippen molar-refractivity contribution in [1.29, 1.82) is 0 Å². The number of amides is 2. The Morgan fingerprint density at radius 1 is 1.05 bits per heavy atom. The van der Waals surface area contributed by atoms with Crippen LogP contribution in [0.25, 0.3) is 0 Å². The molecule has 5 nitrogen and oxygen atoms in total. The molecule has 0 saturated heterocycles. The molecule has 0 radical (unpaired) electrons. The molecule has 0 atom stereocenters. The highest BCUT2D eigenvalue weighted by Gasteiger charge is 2.21. The van der Waals surface area contributed by atoms with Crippen LogP contribution in [0.2, 0.25) is 0 Å². The number of hydrogen-bond donors (Lipinski definition) is 2. The van der Waals surface area contributed by atoms with E-state index in [1.807, 2.05) is 37.3 Å². The molecule has 2 amide bonds. The van der Waals surface area contributed by atoms with Crippen LogP contribution in [0.5, 0.6) is 5.75 Å². The fraction of sp³-hybridized carbons (Fsp3) is 0.176. The zero-order valence-electron chi connectivity index (χ0n) is 12.3. The highest BCUT2D eigenvalue weighted by molar-refractivity contribution is 6.39. The van der Waals surface area contributed by atoms with Crippen LogP contribution < -0.4 is 5.32 Å². The van der Waals surface area contributed by atoms with Crippen LogP contribution in [0.4, 0.5) is 5.69 Å². The standard InChI is InChI=1S/C17H18N2O3/c1-2-19(12-13-8-4-3-5-9-13)17(22)16(21)18-14-10-6-7-11-15(14)20/h3-11,20H,2,12H2,1H3,(H,18,21). The van der Waals surface area contributed by atoms with E-state index in [1.54, 1.807) is 12.1 Å². The number of para-hydroxylation sites is 2. The summed E-state index contributed by atoms with van der Waals surface area (Å²) in [4.78, 5) is 25.7. The van der Waals surface area contributed by atoms with Crippen molar-refractivity contribution < 1.29 is 14.7 Å². The summed E-state index contributed by atoms with van der Waals surface area (Å²) in [6.45, 7) is 2.60. The molecule has 0 bridgehead atoms. The molecule has 0 spiro atoms. The first-order chi connectivity index (χ1) is 10.6. The van der Waals surface area contributed by atoms with Crippen LogP contribution >= 0.6 is 0 Å². The molecule has 0 saturated carbocycles. The Morgan fingerprint density at radius 2 is 1.68 bits per heavy atom. The lowest BCUT2D eigenvalue weighted by molar-refractivity contribution is -0.143. The Kier molecular flexibility index (Phi) is 5.14. The first-order valence-corrected chi connectivity index (χ1v) is 7.04. The van der Waals surface area contributed by atoms with Crippen molar-refractivity contribution in [1.82, 2.24) is 4.90 Å². The summed E-state index contributed by atoms with van der Waals surface area (Å²) < 4.78 is 0. The van der Waals surface area contributed by atoms with Crippen LogP contribution in [0.15, 0.2) is 54.6 Å². The molecule has 114 valence electrons. The molecule has 22 heavy (non-hydrogen) atoms. The molecule has 0 aliphatic rings. The lowest BCUT2D eigenvalue weighted by atomic mass is 10.2. The van der Waals surface area contributed by atoms with E-state index in [0.717, 1.165) is 5.56 Å². The molecule has 0 aromatic heterocycles. The SMILES string of the molecule is CCN(Cc1ccccc1)C(=O)C(=O)Nc1ccccc1O. The number of likely N-dealkylation sites (N-methyl/N-ethyl adjacent to an activating group) is 1. The Balaban J connectivity index is 2.05. The van der Waals surface area contributed by atoms with Gasteiger partial charge < -0.3 is 15.3 Å². The number of phenols is 1. The molecule has 0 aliphatic carbocycles. The van der Waals surface area contributed by atoms with Gasteiger partial charge in [0.25, 0.3) is 0 Å². The first-order valence-electron chi connectivity index (χ1n) is 7.04. The van der Waals surface area contributed by atoms with Crippen LogP contribution in [0.3, 0.4) is 0 Å². The third-order valence-corrected chi connectivity index (χ3v) is 3.23. The van der Waals surface area contributed by atoms with Crippen LogP contribution in [-0.4, -0.2) is 28.4 Å². The number of hydrogen-bond acceptors (Lipinski definition) is 3. The Hall–Kier alpha value is -2.82. The van der Waals surface area contributed by atoms with Gasteiger partial charge in [-0.2, -0.15) is 0 Å². The number of benzene rings is 2. The van der Waals surface area contributed by atoms with Gasteiger partial charge in [0.15, 0.2) is 0 Å². The maximum atomic E-state index is 12.2. The van der Waals surface area contributed by atoms with Crippen molar-refractivity contribution in [3.05, 3.63) is 60.2 Å². The quantitative estimate of drug-likeness (QED) is 0.672. The average molecular weight is 298 g/mol. The number of nitrogens with zero attached hydrogens (tertiary/aromatic N) is 1. The summed E-state index contributed by atoms with van der Waals surface area (Å²) in [5.74, 6) is -1.47. The summed E-state index contributed by atoms with van der Waals surface area (Å²) in [5.41, 5.74) is 1.17. The Morgan fingerprint density at radius 3 is 2.32 bits per heavy atom. The minimum atomic E-state index is -0.765. The van der Waals surface area contributed by atoms with Crippen molar-refractivity contribution in [3.63, 3.8) is 0 Å². The van der Waals surface area contributed by atoms with Gasteiger partial charge in [-0.25, -0.2) is 0 Å². The van der Waals surface area contributed by atoms with Gasteiger partial charge in [-0.15, -0.1) is 0 Å². The summed E-state index contributed by atoms with van der Waals surface area (Å²) in [5, 5.41) is 12.1. The molecular weight excluding hydrogens is 280 g/mol. The van der Waals surface area contributed by atoms with E-state index < -0.39 is 11.8 Å². The molecule has 0 fully saturated rings. The predicted octanol–water partition coefficient (Wildman–Crippen LogP) is 2.38. The molecular formula is C17H18N2O3. The predicted molar refractivity (Wildman–Crippen MR) is 84.3 cm³/mol. The third kappa shape index (κ3) is 3.85. The van der Waals surface area contributed by atoms with E-state index in [-0.39, 0.29) is 11.4 Å². The van der Waals surface area contributed by atoms with Gasteiger partial charge in [-0.1, -0.05) is 42.5 Å².